The van der Waals surface area contributed by atoms with Gasteiger partial charge in [-0.15, -0.1) is 0 Å². The van der Waals surface area contributed by atoms with Crippen LogP contribution in [0.3, 0.4) is 0 Å². The Morgan fingerprint density at radius 3 is 2.00 bits per heavy atom. The average molecular weight is 309 g/mol. The summed E-state index contributed by atoms with van der Waals surface area (Å²) in [5.41, 5.74) is 1.72. The summed E-state index contributed by atoms with van der Waals surface area (Å²) in [6.07, 6.45) is -4.19. The number of rotatable bonds is 0. The van der Waals surface area contributed by atoms with Gasteiger partial charge in [0.1, 0.15) is 0 Å². The summed E-state index contributed by atoms with van der Waals surface area (Å²) >= 11 is -0.117. The Bertz CT molecular complexity index is 367. The van der Waals surface area contributed by atoms with Crippen LogP contribution in [0.1, 0.15) is 22.3 Å². The topological polar surface area (TPSA) is 0 Å². The van der Waals surface area contributed by atoms with Crippen LogP contribution < -0.4 is 3.58 Å². The van der Waals surface area contributed by atoms with Gasteiger partial charge < -0.3 is 0 Å². The third kappa shape index (κ3) is 2.07. The van der Waals surface area contributed by atoms with Crippen molar-refractivity contribution >= 4 is 26.1 Å². The van der Waals surface area contributed by atoms with Crippen LogP contribution in [0.2, 0.25) is 0 Å². The molecule has 0 aliphatic heterocycles. The van der Waals surface area contributed by atoms with Crippen LogP contribution in [-0.2, 0) is 6.18 Å². The molecule has 1 aromatic rings. The summed E-state index contributed by atoms with van der Waals surface area (Å²) in [6, 6.07) is 1.68. The summed E-state index contributed by atoms with van der Waals surface area (Å²) < 4.78 is 38.5. The van der Waals surface area contributed by atoms with Crippen molar-refractivity contribution in [3.05, 3.63) is 28.3 Å². The van der Waals surface area contributed by atoms with Crippen molar-refractivity contribution in [2.45, 2.75) is 26.9 Å². The third-order valence-electron chi connectivity index (χ3n) is 2.64. The standard InChI is InChI=1S/C10H10F3.Sn.3H/c1-6-4-5-9(10(11,12)13)8(3)7(6)2;;;;/h4H,1-3H3;;;;. The normalized spacial score (nSPS) is 12.1. The molecule has 0 amide bonds. The van der Waals surface area contributed by atoms with Gasteiger partial charge >= 0.3 is 94.5 Å². The van der Waals surface area contributed by atoms with Crippen molar-refractivity contribution in [2.75, 3.05) is 0 Å². The first-order chi connectivity index (χ1) is 6.25. The Balaban J connectivity index is 3.53. The second-order valence-corrected chi connectivity index (χ2v) is 6.71. The van der Waals surface area contributed by atoms with Crippen LogP contribution in [0.5, 0.6) is 0 Å². The molecule has 0 saturated carbocycles. The second kappa shape index (κ2) is 3.76. The Labute approximate surface area is 94.6 Å². The molecule has 4 heteroatoms. The quantitative estimate of drug-likeness (QED) is 0.639. The van der Waals surface area contributed by atoms with E-state index in [1.165, 1.54) is 0 Å². The van der Waals surface area contributed by atoms with Gasteiger partial charge in [-0.1, -0.05) is 0 Å². The van der Waals surface area contributed by atoms with Crippen molar-refractivity contribution in [1.29, 1.82) is 0 Å². The van der Waals surface area contributed by atoms with Gasteiger partial charge in [-0.25, -0.2) is 0 Å². The van der Waals surface area contributed by atoms with E-state index in [0.29, 0.717) is 9.14 Å². The van der Waals surface area contributed by atoms with E-state index in [4.69, 9.17) is 0 Å². The zero-order chi connectivity index (χ0) is 11.1. The minimum atomic E-state index is -4.19. The number of halogens is 3. The first-order valence-corrected chi connectivity index (χ1v) is 7.25. The first-order valence-electron chi connectivity index (χ1n) is 4.39. The number of hydrogen-bond acceptors (Lipinski definition) is 0. The van der Waals surface area contributed by atoms with Gasteiger partial charge in [-0.3, -0.25) is 0 Å². The van der Waals surface area contributed by atoms with E-state index in [0.717, 1.165) is 11.1 Å². The maximum absolute atomic E-state index is 12.7. The van der Waals surface area contributed by atoms with Crippen LogP contribution in [0.15, 0.2) is 6.07 Å². The Morgan fingerprint density at radius 1 is 1.07 bits per heavy atom. The summed E-state index contributed by atoms with van der Waals surface area (Å²) in [5.74, 6) is 0. The fourth-order valence-electron chi connectivity index (χ4n) is 1.72. The molecule has 78 valence electrons. The zero-order valence-electron chi connectivity index (χ0n) is 8.71. The van der Waals surface area contributed by atoms with Crippen LogP contribution in [0.4, 0.5) is 13.2 Å². The van der Waals surface area contributed by atoms with E-state index in [2.05, 4.69) is 0 Å². The number of aryl methyl sites for hydroxylation is 1. The van der Waals surface area contributed by atoms with E-state index < -0.39 is 11.7 Å². The van der Waals surface area contributed by atoms with Gasteiger partial charge in [-0.05, 0) is 0 Å². The van der Waals surface area contributed by atoms with E-state index in [1.54, 1.807) is 19.9 Å². The van der Waals surface area contributed by atoms with Gasteiger partial charge in [0.15, 0.2) is 0 Å². The van der Waals surface area contributed by atoms with Crippen LogP contribution in [0, 0.1) is 20.8 Å². The van der Waals surface area contributed by atoms with Crippen LogP contribution >= 0.6 is 0 Å². The van der Waals surface area contributed by atoms with Gasteiger partial charge in [0.05, 0.1) is 0 Å². The molecule has 0 aromatic heterocycles. The fraction of sp³-hybridized carbons (Fsp3) is 0.400. The van der Waals surface area contributed by atoms with Crippen molar-refractivity contribution in [1.82, 2.24) is 0 Å². The maximum atomic E-state index is 12.7. The molecule has 0 bridgehead atoms. The molecular formula is C10H13F3Sn. The Hall–Kier alpha value is -0.191. The molecule has 14 heavy (non-hydrogen) atoms. The van der Waals surface area contributed by atoms with Crippen LogP contribution in [-0.4, -0.2) is 22.5 Å². The van der Waals surface area contributed by atoms with Crippen molar-refractivity contribution in [3.8, 4) is 0 Å². The molecule has 1 aromatic carbocycles. The Morgan fingerprint density at radius 2 is 1.57 bits per heavy atom. The van der Waals surface area contributed by atoms with E-state index >= 15 is 0 Å². The van der Waals surface area contributed by atoms with Crippen molar-refractivity contribution in [3.63, 3.8) is 0 Å². The molecule has 0 unspecified atom stereocenters. The molecule has 0 saturated heterocycles. The van der Waals surface area contributed by atoms with Gasteiger partial charge in [0.2, 0.25) is 0 Å². The molecule has 0 radical (unpaired) electrons. The monoisotopic (exact) mass is 310 g/mol. The molecule has 1 rings (SSSR count). The van der Waals surface area contributed by atoms with Crippen LogP contribution in [0.25, 0.3) is 0 Å². The van der Waals surface area contributed by atoms with Gasteiger partial charge in [0, 0.05) is 0 Å². The molecular weight excluding hydrogens is 296 g/mol. The molecule has 0 heterocycles. The summed E-state index contributed by atoms with van der Waals surface area (Å²) in [6.45, 7) is 5.17. The molecule has 0 nitrogen and oxygen atoms in total. The van der Waals surface area contributed by atoms with Crippen molar-refractivity contribution < 1.29 is 13.2 Å². The minimum absolute atomic E-state index is 0.117. The van der Waals surface area contributed by atoms with E-state index in [9.17, 15) is 13.2 Å². The average Bonchev–Trinajstić information content (AvgIpc) is 1.97. The number of hydrogen-bond donors (Lipinski definition) is 0. The molecule has 0 atom stereocenters. The third-order valence-corrected chi connectivity index (χ3v) is 4.89. The number of benzene rings is 1. The molecule has 0 N–H and O–H groups in total. The summed E-state index contributed by atoms with van der Waals surface area (Å²) in [4.78, 5) is 0. The summed E-state index contributed by atoms with van der Waals surface area (Å²) in [7, 11) is 0. The fourth-order valence-corrected chi connectivity index (χ4v) is 4.84. The molecule has 0 aliphatic rings. The zero-order valence-corrected chi connectivity index (χ0v) is 14.4. The summed E-state index contributed by atoms with van der Waals surface area (Å²) in [5, 5.41) is 0. The van der Waals surface area contributed by atoms with Crippen molar-refractivity contribution in [2.24, 2.45) is 0 Å². The molecule has 0 spiro atoms. The van der Waals surface area contributed by atoms with E-state index in [1.807, 2.05) is 6.92 Å². The Kier molecular flexibility index (Phi) is 3.19. The first kappa shape index (κ1) is 11.9. The molecule has 0 fully saturated rings. The predicted octanol–water partition coefficient (Wildman–Crippen LogP) is 1.62. The number of alkyl halides is 3. The molecule has 0 aliphatic carbocycles. The predicted molar refractivity (Wildman–Crippen MR) is 55.2 cm³/mol. The second-order valence-electron chi connectivity index (χ2n) is 3.63. The van der Waals surface area contributed by atoms with E-state index in [-0.39, 0.29) is 22.5 Å². The SMILES string of the molecule is Cc1c[c]([SnH3])c(C(F)(F)F)c(C)c1C. The van der Waals surface area contributed by atoms with Gasteiger partial charge in [0.25, 0.3) is 0 Å². The van der Waals surface area contributed by atoms with Gasteiger partial charge in [-0.2, -0.15) is 0 Å².